The molecule has 4 aromatic rings. The van der Waals surface area contributed by atoms with Crippen LogP contribution in [0, 0.1) is 6.92 Å². The van der Waals surface area contributed by atoms with E-state index >= 15 is 0 Å². The molecule has 1 N–H and O–H groups in total. The van der Waals surface area contributed by atoms with Crippen molar-refractivity contribution in [2.75, 3.05) is 14.2 Å². The number of rotatable bonds is 8. The smallest absolute Gasteiger partial charge is 0.337 e. The fourth-order valence-corrected chi connectivity index (χ4v) is 4.24. The van der Waals surface area contributed by atoms with E-state index in [0.717, 1.165) is 44.5 Å². The topological polar surface area (TPSA) is 65.0 Å². The van der Waals surface area contributed by atoms with Crippen LogP contribution >= 0.6 is 11.6 Å². The van der Waals surface area contributed by atoms with Crippen molar-refractivity contribution < 1.29 is 24.1 Å². The van der Waals surface area contributed by atoms with Crippen molar-refractivity contribution in [2.45, 2.75) is 19.6 Å². The van der Waals surface area contributed by atoms with Crippen molar-refractivity contribution in [1.82, 2.24) is 0 Å². The predicted molar refractivity (Wildman–Crippen MR) is 134 cm³/mol. The van der Waals surface area contributed by atoms with Gasteiger partial charge in [-0.2, -0.15) is 0 Å². The molecule has 174 valence electrons. The third-order valence-corrected chi connectivity index (χ3v) is 6.04. The summed E-state index contributed by atoms with van der Waals surface area (Å²) in [6.07, 6.45) is -1.17. The number of hydrogen-bond acceptors (Lipinski definition) is 4. The highest BCUT2D eigenvalue weighted by atomic mass is 35.5. The van der Waals surface area contributed by atoms with E-state index in [2.05, 4.69) is 0 Å². The third kappa shape index (κ3) is 4.86. The summed E-state index contributed by atoms with van der Waals surface area (Å²) in [4.78, 5) is 12.5. The minimum Gasteiger partial charge on any atom is -0.497 e. The van der Waals surface area contributed by atoms with Gasteiger partial charge in [-0.25, -0.2) is 4.79 Å². The van der Waals surface area contributed by atoms with Crippen molar-refractivity contribution in [1.29, 1.82) is 0 Å². The quantitative estimate of drug-likeness (QED) is 0.302. The first-order valence-electron chi connectivity index (χ1n) is 10.8. The second kappa shape index (κ2) is 10.2. The van der Waals surface area contributed by atoms with Gasteiger partial charge in [-0.15, -0.1) is 0 Å². The van der Waals surface area contributed by atoms with Gasteiger partial charge in [0.05, 0.1) is 20.8 Å². The molecule has 0 radical (unpaired) electrons. The Hall–Kier alpha value is -3.54. The number of halogens is 1. The molecule has 4 aromatic carbocycles. The van der Waals surface area contributed by atoms with Gasteiger partial charge in [-0.3, -0.25) is 0 Å². The van der Waals surface area contributed by atoms with E-state index in [-0.39, 0.29) is 6.61 Å². The zero-order valence-corrected chi connectivity index (χ0v) is 19.9. The molecule has 6 heteroatoms. The Kier molecular flexibility index (Phi) is 7.06. The molecule has 0 aliphatic carbocycles. The normalized spacial score (nSPS) is 11.9. The Balaban J connectivity index is 1.85. The van der Waals surface area contributed by atoms with Crippen LogP contribution in [0.2, 0.25) is 5.02 Å². The van der Waals surface area contributed by atoms with Gasteiger partial charge in [0.15, 0.2) is 6.10 Å². The highest BCUT2D eigenvalue weighted by Gasteiger charge is 2.28. The second-order valence-electron chi connectivity index (χ2n) is 7.95. The summed E-state index contributed by atoms with van der Waals surface area (Å²) >= 11 is 6.14. The van der Waals surface area contributed by atoms with Gasteiger partial charge >= 0.3 is 5.97 Å². The molecule has 1 unspecified atom stereocenters. The summed E-state index contributed by atoms with van der Waals surface area (Å²) in [7, 11) is 3.22. The lowest BCUT2D eigenvalue weighted by atomic mass is 9.87. The molecule has 0 aromatic heterocycles. The highest BCUT2D eigenvalue weighted by molar-refractivity contribution is 6.30. The first-order chi connectivity index (χ1) is 16.4. The van der Waals surface area contributed by atoms with Gasteiger partial charge in [0.25, 0.3) is 0 Å². The summed E-state index contributed by atoms with van der Waals surface area (Å²) in [5, 5.41) is 12.7. The molecule has 0 spiro atoms. The molecule has 0 bridgehead atoms. The molecular formula is C28H25ClO5. The number of benzene rings is 4. The second-order valence-corrected chi connectivity index (χ2v) is 8.39. The van der Waals surface area contributed by atoms with Crippen LogP contribution in [-0.2, 0) is 16.1 Å². The minimum atomic E-state index is -1.17. The minimum absolute atomic E-state index is 0.140. The monoisotopic (exact) mass is 476 g/mol. The van der Waals surface area contributed by atoms with E-state index in [9.17, 15) is 9.90 Å². The van der Waals surface area contributed by atoms with Crippen LogP contribution in [0.25, 0.3) is 21.9 Å². The standard InChI is InChI=1S/C28H25ClO5/c1-17-14-20-15-23(33-3)12-13-24(20)26(19-6-8-21(29)9-7-19)25(17)27(28(30)31)34-16-18-4-10-22(32-2)11-5-18/h4-15,27H,16H2,1-3H3,(H,30,31). The number of carboxylic acid groups (broad SMARTS) is 1. The lowest BCUT2D eigenvalue weighted by molar-refractivity contribution is -0.151. The maximum Gasteiger partial charge on any atom is 0.337 e. The Morgan fingerprint density at radius 3 is 2.18 bits per heavy atom. The van der Waals surface area contributed by atoms with Crippen LogP contribution in [0.4, 0.5) is 0 Å². The first-order valence-corrected chi connectivity index (χ1v) is 11.1. The zero-order chi connectivity index (χ0) is 24.2. The fourth-order valence-electron chi connectivity index (χ4n) is 4.11. The Morgan fingerprint density at radius 1 is 0.912 bits per heavy atom. The van der Waals surface area contributed by atoms with Gasteiger partial charge in [0.2, 0.25) is 0 Å². The van der Waals surface area contributed by atoms with E-state index in [0.29, 0.717) is 10.6 Å². The average molecular weight is 477 g/mol. The van der Waals surface area contributed by atoms with Crippen molar-refractivity contribution in [3.63, 3.8) is 0 Å². The summed E-state index contributed by atoms with van der Waals surface area (Å²) in [5.74, 6) is 0.399. The molecule has 0 fully saturated rings. The van der Waals surface area contributed by atoms with Crippen LogP contribution in [0.1, 0.15) is 22.8 Å². The fraction of sp³-hybridized carbons (Fsp3) is 0.179. The Bertz CT molecular complexity index is 1310. The molecule has 1 atom stereocenters. The average Bonchev–Trinajstić information content (AvgIpc) is 2.84. The van der Waals surface area contributed by atoms with E-state index in [1.54, 1.807) is 26.4 Å². The highest BCUT2D eigenvalue weighted by Crippen LogP contribution is 2.40. The van der Waals surface area contributed by atoms with Crippen LogP contribution < -0.4 is 9.47 Å². The lowest BCUT2D eigenvalue weighted by Crippen LogP contribution is -2.18. The zero-order valence-electron chi connectivity index (χ0n) is 19.2. The van der Waals surface area contributed by atoms with Gasteiger partial charge in [0.1, 0.15) is 11.5 Å². The number of carboxylic acids is 1. The number of methoxy groups -OCH3 is 2. The number of fused-ring (bicyclic) bond motifs is 1. The summed E-state index contributed by atoms with van der Waals surface area (Å²) in [6, 6.07) is 22.5. The van der Waals surface area contributed by atoms with Crippen molar-refractivity contribution in [3.05, 3.63) is 94.5 Å². The molecule has 0 heterocycles. The molecule has 4 rings (SSSR count). The number of aryl methyl sites for hydroxylation is 1. The summed E-state index contributed by atoms with van der Waals surface area (Å²) in [5.41, 5.74) is 3.94. The van der Waals surface area contributed by atoms with Crippen LogP contribution in [0.3, 0.4) is 0 Å². The van der Waals surface area contributed by atoms with Crippen LogP contribution in [-0.4, -0.2) is 25.3 Å². The maximum atomic E-state index is 12.5. The van der Waals surface area contributed by atoms with E-state index in [4.69, 9.17) is 25.8 Å². The van der Waals surface area contributed by atoms with E-state index in [1.165, 1.54) is 0 Å². The number of hydrogen-bond donors (Lipinski definition) is 1. The van der Waals surface area contributed by atoms with Gasteiger partial charge < -0.3 is 19.3 Å². The Labute approximate surface area is 203 Å². The number of aliphatic carboxylic acids is 1. The molecule has 0 amide bonds. The van der Waals surface area contributed by atoms with Crippen molar-refractivity contribution >= 4 is 28.3 Å². The molecule has 0 saturated heterocycles. The van der Waals surface area contributed by atoms with Gasteiger partial charge in [-0.1, -0.05) is 48.0 Å². The summed E-state index contributed by atoms with van der Waals surface area (Å²) in [6.45, 7) is 2.04. The molecule has 34 heavy (non-hydrogen) atoms. The largest absolute Gasteiger partial charge is 0.497 e. The SMILES string of the molecule is COc1ccc(COC(C(=O)O)c2c(C)cc3cc(OC)ccc3c2-c2ccc(Cl)cc2)cc1. The molecule has 5 nitrogen and oxygen atoms in total. The van der Waals surface area contributed by atoms with E-state index < -0.39 is 12.1 Å². The number of ether oxygens (including phenoxy) is 3. The van der Waals surface area contributed by atoms with Crippen LogP contribution in [0.5, 0.6) is 11.5 Å². The lowest BCUT2D eigenvalue weighted by Gasteiger charge is -2.23. The third-order valence-electron chi connectivity index (χ3n) is 5.79. The Morgan fingerprint density at radius 2 is 1.56 bits per heavy atom. The number of carbonyl (C=O) groups is 1. The molecule has 0 saturated carbocycles. The predicted octanol–water partition coefficient (Wildman–Crippen LogP) is 6.83. The molecule has 0 aliphatic heterocycles. The molecule has 0 aliphatic rings. The maximum absolute atomic E-state index is 12.5. The summed E-state index contributed by atoms with van der Waals surface area (Å²) < 4.78 is 16.6. The van der Waals surface area contributed by atoms with Crippen molar-refractivity contribution in [3.8, 4) is 22.6 Å². The van der Waals surface area contributed by atoms with Crippen LogP contribution in [0.15, 0.2) is 72.8 Å². The molecular weight excluding hydrogens is 452 g/mol. The van der Waals surface area contributed by atoms with E-state index in [1.807, 2.05) is 67.6 Å². The van der Waals surface area contributed by atoms with Crippen molar-refractivity contribution in [2.24, 2.45) is 0 Å². The van der Waals surface area contributed by atoms with Gasteiger partial charge in [-0.05, 0) is 76.3 Å². The first kappa shape index (κ1) is 23.6. The van der Waals surface area contributed by atoms with Gasteiger partial charge in [0, 0.05) is 10.6 Å².